The Morgan fingerprint density at radius 3 is 2.59 bits per heavy atom. The molecule has 11 heteroatoms. The van der Waals surface area contributed by atoms with Crippen molar-refractivity contribution in [3.63, 3.8) is 0 Å². The molecule has 1 saturated heterocycles. The summed E-state index contributed by atoms with van der Waals surface area (Å²) in [6.45, 7) is 8.56. The number of nitrogens with zero attached hydrogens (tertiary/aromatic N) is 6. The SMILES string of the molecule is Cc1ccnc(C(C)C)c1-n1c(=O)nc(N2CCN(C(=O)O)[C@H](C)C2)c2cc(Cl)c(-c3ccccc3F)nc21. The third kappa shape index (κ3) is 4.69. The van der Waals surface area contributed by atoms with Crippen LogP contribution in [0.2, 0.25) is 5.02 Å². The molecule has 1 amide bonds. The van der Waals surface area contributed by atoms with Gasteiger partial charge in [-0.15, -0.1) is 0 Å². The molecule has 3 aromatic heterocycles. The molecule has 0 radical (unpaired) electrons. The summed E-state index contributed by atoms with van der Waals surface area (Å²) in [5.74, 6) is -0.149. The zero-order valence-corrected chi connectivity index (χ0v) is 22.8. The summed E-state index contributed by atoms with van der Waals surface area (Å²) in [5, 5.41) is 10.2. The van der Waals surface area contributed by atoms with Crippen LogP contribution in [0.1, 0.15) is 37.9 Å². The third-order valence-corrected chi connectivity index (χ3v) is 7.32. The first-order chi connectivity index (χ1) is 18.6. The molecule has 1 aliphatic heterocycles. The molecule has 202 valence electrons. The van der Waals surface area contributed by atoms with Gasteiger partial charge >= 0.3 is 11.8 Å². The van der Waals surface area contributed by atoms with Gasteiger partial charge in [-0.05, 0) is 49.6 Å². The second-order valence-electron chi connectivity index (χ2n) is 10.0. The van der Waals surface area contributed by atoms with Gasteiger partial charge in [0.2, 0.25) is 0 Å². The lowest BCUT2D eigenvalue weighted by Crippen LogP contribution is -2.54. The number of anilines is 1. The second-order valence-corrected chi connectivity index (χ2v) is 10.4. The molecule has 0 spiro atoms. The molecule has 1 atom stereocenters. The van der Waals surface area contributed by atoms with Crippen LogP contribution in [0, 0.1) is 12.7 Å². The van der Waals surface area contributed by atoms with Gasteiger partial charge in [0.15, 0.2) is 5.65 Å². The summed E-state index contributed by atoms with van der Waals surface area (Å²) >= 11 is 6.70. The first kappa shape index (κ1) is 26.6. The molecular formula is C28H28ClFN6O3. The fourth-order valence-electron chi connectivity index (χ4n) is 5.11. The zero-order valence-electron chi connectivity index (χ0n) is 22.0. The van der Waals surface area contributed by atoms with Crippen LogP contribution < -0.4 is 10.6 Å². The van der Waals surface area contributed by atoms with Crippen molar-refractivity contribution in [1.82, 2.24) is 24.4 Å². The van der Waals surface area contributed by atoms with E-state index in [9.17, 15) is 19.1 Å². The number of carbonyl (C=O) groups is 1. The summed E-state index contributed by atoms with van der Waals surface area (Å²) in [6, 6.07) is 9.32. The standard InChI is InChI=1S/C28H28ClFN6O3/c1-15(2)22-24(16(3)9-10-31-22)36-26-19(13-20(29)23(32-26)18-7-5-6-8-21(18)30)25(33-27(36)37)34-11-12-35(28(38)39)17(4)14-34/h5-10,13,15,17H,11-12,14H2,1-4H3,(H,38,39)/t17-/m1/s1. The number of pyridine rings is 2. The Morgan fingerprint density at radius 2 is 1.92 bits per heavy atom. The first-order valence-corrected chi connectivity index (χ1v) is 13.0. The fraction of sp³-hybridized carbons (Fsp3) is 0.321. The van der Waals surface area contributed by atoms with E-state index in [1.165, 1.54) is 15.5 Å². The Bertz CT molecular complexity index is 1660. The van der Waals surface area contributed by atoms with Crippen molar-refractivity contribution in [3.8, 4) is 16.9 Å². The minimum atomic E-state index is -0.997. The molecule has 0 aliphatic carbocycles. The van der Waals surface area contributed by atoms with Gasteiger partial charge < -0.3 is 14.9 Å². The lowest BCUT2D eigenvalue weighted by molar-refractivity contribution is 0.122. The zero-order chi connectivity index (χ0) is 28.0. The van der Waals surface area contributed by atoms with E-state index in [1.807, 2.05) is 31.7 Å². The summed E-state index contributed by atoms with van der Waals surface area (Å²) in [5.41, 5.74) is 2.17. The molecule has 39 heavy (non-hydrogen) atoms. The van der Waals surface area contributed by atoms with Gasteiger partial charge in [-0.25, -0.2) is 23.5 Å². The summed E-state index contributed by atoms with van der Waals surface area (Å²) in [7, 11) is 0. The molecular weight excluding hydrogens is 523 g/mol. The highest BCUT2D eigenvalue weighted by Crippen LogP contribution is 2.35. The summed E-state index contributed by atoms with van der Waals surface area (Å²) in [6.07, 6.45) is 0.699. The maximum absolute atomic E-state index is 14.9. The predicted molar refractivity (Wildman–Crippen MR) is 149 cm³/mol. The van der Waals surface area contributed by atoms with Gasteiger partial charge in [-0.2, -0.15) is 4.98 Å². The maximum Gasteiger partial charge on any atom is 0.407 e. The van der Waals surface area contributed by atoms with Crippen LogP contribution >= 0.6 is 11.6 Å². The minimum Gasteiger partial charge on any atom is -0.465 e. The van der Waals surface area contributed by atoms with Gasteiger partial charge in [0.05, 0.1) is 27.5 Å². The van der Waals surface area contributed by atoms with Crippen LogP contribution in [0.4, 0.5) is 15.0 Å². The summed E-state index contributed by atoms with van der Waals surface area (Å²) in [4.78, 5) is 42.5. The van der Waals surface area contributed by atoms with E-state index >= 15 is 0 Å². The van der Waals surface area contributed by atoms with Crippen molar-refractivity contribution in [2.45, 2.75) is 39.7 Å². The van der Waals surface area contributed by atoms with Gasteiger partial charge in [0.25, 0.3) is 0 Å². The highest BCUT2D eigenvalue weighted by Gasteiger charge is 2.30. The van der Waals surface area contributed by atoms with Crippen molar-refractivity contribution in [2.24, 2.45) is 0 Å². The molecule has 5 rings (SSSR count). The molecule has 1 aliphatic rings. The van der Waals surface area contributed by atoms with Gasteiger partial charge in [0, 0.05) is 37.4 Å². The monoisotopic (exact) mass is 550 g/mol. The Hall–Kier alpha value is -4.05. The quantitative estimate of drug-likeness (QED) is 0.370. The molecule has 0 saturated carbocycles. The molecule has 1 N–H and O–H groups in total. The smallest absolute Gasteiger partial charge is 0.407 e. The Kier molecular flexibility index (Phi) is 6.98. The number of halogens is 2. The molecule has 1 aromatic carbocycles. The minimum absolute atomic E-state index is 0.00943. The van der Waals surface area contributed by atoms with Crippen LogP contribution in [0.5, 0.6) is 0 Å². The van der Waals surface area contributed by atoms with Crippen LogP contribution in [0.15, 0.2) is 47.4 Å². The first-order valence-electron chi connectivity index (χ1n) is 12.7. The number of piperazine rings is 1. The normalized spacial score (nSPS) is 15.8. The maximum atomic E-state index is 14.9. The van der Waals surface area contributed by atoms with Crippen molar-refractivity contribution >= 4 is 34.5 Å². The van der Waals surface area contributed by atoms with Crippen LogP contribution in [-0.2, 0) is 0 Å². The molecule has 0 bridgehead atoms. The number of amides is 1. The van der Waals surface area contributed by atoms with E-state index in [0.29, 0.717) is 35.7 Å². The van der Waals surface area contributed by atoms with Crippen molar-refractivity contribution in [1.29, 1.82) is 0 Å². The van der Waals surface area contributed by atoms with E-state index in [2.05, 4.69) is 9.97 Å². The van der Waals surface area contributed by atoms with Crippen molar-refractivity contribution in [2.75, 3.05) is 24.5 Å². The average Bonchev–Trinajstić information content (AvgIpc) is 2.88. The Morgan fingerprint density at radius 1 is 1.18 bits per heavy atom. The average molecular weight is 551 g/mol. The number of rotatable bonds is 4. The Balaban J connectivity index is 1.82. The number of benzene rings is 1. The van der Waals surface area contributed by atoms with Gasteiger partial charge in [0.1, 0.15) is 11.6 Å². The molecule has 4 aromatic rings. The molecule has 4 heterocycles. The fourth-order valence-corrected chi connectivity index (χ4v) is 5.36. The number of aryl methyl sites for hydroxylation is 1. The van der Waals surface area contributed by atoms with E-state index in [0.717, 1.165) is 5.56 Å². The van der Waals surface area contributed by atoms with Gasteiger partial charge in [-0.1, -0.05) is 37.6 Å². The predicted octanol–water partition coefficient (Wildman–Crippen LogP) is 5.26. The van der Waals surface area contributed by atoms with E-state index in [-0.39, 0.29) is 40.4 Å². The number of fused-ring (bicyclic) bond motifs is 1. The van der Waals surface area contributed by atoms with Crippen LogP contribution in [0.25, 0.3) is 28.0 Å². The highest BCUT2D eigenvalue weighted by atomic mass is 35.5. The lowest BCUT2D eigenvalue weighted by atomic mass is 10.0. The van der Waals surface area contributed by atoms with E-state index in [4.69, 9.17) is 16.6 Å². The molecule has 0 unspecified atom stereocenters. The van der Waals surface area contributed by atoms with Crippen molar-refractivity contribution in [3.05, 3.63) is 75.2 Å². The van der Waals surface area contributed by atoms with Gasteiger partial charge in [-0.3, -0.25) is 4.98 Å². The lowest BCUT2D eigenvalue weighted by Gasteiger charge is -2.39. The summed E-state index contributed by atoms with van der Waals surface area (Å²) < 4.78 is 16.3. The second kappa shape index (κ2) is 10.3. The van der Waals surface area contributed by atoms with E-state index in [1.54, 1.807) is 37.4 Å². The largest absolute Gasteiger partial charge is 0.465 e. The van der Waals surface area contributed by atoms with Crippen molar-refractivity contribution < 1.29 is 14.3 Å². The van der Waals surface area contributed by atoms with Crippen LogP contribution in [0.3, 0.4) is 0 Å². The highest BCUT2D eigenvalue weighted by molar-refractivity contribution is 6.33. The molecule has 1 fully saturated rings. The number of aromatic nitrogens is 4. The number of carboxylic acid groups (broad SMARTS) is 1. The van der Waals surface area contributed by atoms with E-state index < -0.39 is 17.6 Å². The van der Waals surface area contributed by atoms with Crippen LogP contribution in [-0.4, -0.2) is 61.3 Å². The topological polar surface area (TPSA) is 104 Å². The number of hydrogen-bond donors (Lipinski definition) is 1. The number of hydrogen-bond acceptors (Lipinski definition) is 6. The Labute approximate surface area is 229 Å². The molecule has 9 nitrogen and oxygen atoms in total. The third-order valence-electron chi connectivity index (χ3n) is 7.03.